The van der Waals surface area contributed by atoms with Crippen LogP contribution in [0.25, 0.3) is 11.4 Å². The highest BCUT2D eigenvalue weighted by Gasteiger charge is 2.12. The maximum absolute atomic E-state index is 13.7. The van der Waals surface area contributed by atoms with Crippen LogP contribution in [-0.4, -0.2) is 19.7 Å². The van der Waals surface area contributed by atoms with Gasteiger partial charge in [0.2, 0.25) is 0 Å². The minimum atomic E-state index is -0.575. The van der Waals surface area contributed by atoms with Gasteiger partial charge in [0.05, 0.1) is 0 Å². The standard InChI is InChI=1S/C19H18F2N4/c1-13(10-14-6-7-16(20)11-17(14)21)5-8-18-23-24-19(25(18)2)15-4-3-9-22-12-15/h3-4,6-7,9,11-12H,1,5,8,10H2,2H3. The number of pyridine rings is 1. The molecule has 6 heteroatoms. The third-order valence-electron chi connectivity index (χ3n) is 4.04. The van der Waals surface area contributed by atoms with E-state index in [2.05, 4.69) is 21.8 Å². The summed E-state index contributed by atoms with van der Waals surface area (Å²) in [5.74, 6) is 0.449. The molecule has 0 amide bonds. The molecule has 2 heterocycles. The van der Waals surface area contributed by atoms with Crippen molar-refractivity contribution in [2.75, 3.05) is 0 Å². The summed E-state index contributed by atoms with van der Waals surface area (Å²) in [6, 6.07) is 7.39. The highest BCUT2D eigenvalue weighted by Crippen LogP contribution is 2.19. The molecular formula is C19H18F2N4. The average Bonchev–Trinajstić information content (AvgIpc) is 2.97. The molecular weight excluding hydrogens is 322 g/mol. The molecule has 0 bridgehead atoms. The lowest BCUT2D eigenvalue weighted by molar-refractivity contribution is 0.573. The van der Waals surface area contributed by atoms with Crippen molar-refractivity contribution in [1.29, 1.82) is 0 Å². The lowest BCUT2D eigenvalue weighted by atomic mass is 10.0. The maximum atomic E-state index is 13.7. The zero-order chi connectivity index (χ0) is 17.8. The van der Waals surface area contributed by atoms with Gasteiger partial charge in [-0.05, 0) is 36.6 Å². The molecule has 25 heavy (non-hydrogen) atoms. The van der Waals surface area contributed by atoms with Gasteiger partial charge in [0.25, 0.3) is 0 Å². The Morgan fingerprint density at radius 3 is 2.76 bits per heavy atom. The Morgan fingerprint density at radius 2 is 2.04 bits per heavy atom. The Hall–Kier alpha value is -2.89. The van der Waals surface area contributed by atoms with Crippen molar-refractivity contribution in [2.24, 2.45) is 7.05 Å². The predicted octanol–water partition coefficient (Wildman–Crippen LogP) is 3.89. The molecule has 128 valence electrons. The lowest BCUT2D eigenvalue weighted by Gasteiger charge is -2.08. The average molecular weight is 340 g/mol. The first-order valence-electron chi connectivity index (χ1n) is 7.94. The second kappa shape index (κ2) is 7.34. The van der Waals surface area contributed by atoms with Gasteiger partial charge in [0, 0.05) is 37.5 Å². The van der Waals surface area contributed by atoms with Gasteiger partial charge in [-0.2, -0.15) is 0 Å². The number of aryl methyl sites for hydroxylation is 1. The fraction of sp³-hybridized carbons (Fsp3) is 0.211. The highest BCUT2D eigenvalue weighted by atomic mass is 19.1. The van der Waals surface area contributed by atoms with Gasteiger partial charge in [-0.25, -0.2) is 8.78 Å². The first kappa shape index (κ1) is 17.0. The summed E-state index contributed by atoms with van der Waals surface area (Å²) in [6.45, 7) is 4.00. The minimum absolute atomic E-state index is 0.374. The van der Waals surface area contributed by atoms with E-state index in [9.17, 15) is 8.78 Å². The number of hydrogen-bond donors (Lipinski definition) is 0. The van der Waals surface area contributed by atoms with Crippen LogP contribution < -0.4 is 0 Å². The molecule has 1 aromatic carbocycles. The summed E-state index contributed by atoms with van der Waals surface area (Å²) < 4.78 is 28.6. The Kier molecular flexibility index (Phi) is 4.97. The van der Waals surface area contributed by atoms with E-state index in [1.165, 1.54) is 12.1 Å². The van der Waals surface area contributed by atoms with Crippen molar-refractivity contribution in [2.45, 2.75) is 19.3 Å². The van der Waals surface area contributed by atoms with Crippen molar-refractivity contribution in [3.8, 4) is 11.4 Å². The number of nitrogens with zero attached hydrogens (tertiary/aromatic N) is 4. The highest BCUT2D eigenvalue weighted by molar-refractivity contribution is 5.53. The summed E-state index contributed by atoms with van der Waals surface area (Å²) in [6.07, 6.45) is 5.12. The van der Waals surface area contributed by atoms with Crippen LogP contribution >= 0.6 is 0 Å². The molecule has 4 nitrogen and oxygen atoms in total. The summed E-state index contributed by atoms with van der Waals surface area (Å²) in [4.78, 5) is 4.09. The quantitative estimate of drug-likeness (QED) is 0.640. The van der Waals surface area contributed by atoms with Gasteiger partial charge in [-0.15, -0.1) is 10.2 Å². The number of rotatable bonds is 6. The Balaban J connectivity index is 1.64. The predicted molar refractivity (Wildman–Crippen MR) is 91.8 cm³/mol. The number of halogens is 2. The Labute approximate surface area is 144 Å². The molecule has 0 N–H and O–H groups in total. The van der Waals surface area contributed by atoms with E-state index in [0.717, 1.165) is 28.9 Å². The van der Waals surface area contributed by atoms with Gasteiger partial charge in [0.1, 0.15) is 17.5 Å². The molecule has 3 rings (SSSR count). The number of aromatic nitrogens is 4. The van der Waals surface area contributed by atoms with Crippen molar-refractivity contribution < 1.29 is 8.78 Å². The number of benzene rings is 1. The molecule has 0 aliphatic rings. The van der Waals surface area contributed by atoms with Crippen molar-refractivity contribution in [3.63, 3.8) is 0 Å². The van der Waals surface area contributed by atoms with Crippen molar-refractivity contribution in [1.82, 2.24) is 19.7 Å². The van der Waals surface area contributed by atoms with Crippen LogP contribution in [0.2, 0.25) is 0 Å². The van der Waals surface area contributed by atoms with Crippen molar-refractivity contribution in [3.05, 3.63) is 77.9 Å². The van der Waals surface area contributed by atoms with Crippen LogP contribution in [0.4, 0.5) is 8.78 Å². The minimum Gasteiger partial charge on any atom is -0.314 e. The van der Waals surface area contributed by atoms with E-state index in [-0.39, 0.29) is 0 Å². The SMILES string of the molecule is C=C(CCc1nnc(-c2cccnc2)n1C)Cc1ccc(F)cc1F. The first-order chi connectivity index (χ1) is 12.0. The van der Waals surface area contributed by atoms with Crippen LogP contribution in [0.15, 0.2) is 54.9 Å². The molecule has 3 aromatic rings. The molecule has 0 radical (unpaired) electrons. The van der Waals surface area contributed by atoms with Gasteiger partial charge >= 0.3 is 0 Å². The molecule has 0 atom stereocenters. The summed E-state index contributed by atoms with van der Waals surface area (Å²) >= 11 is 0. The molecule has 0 saturated heterocycles. The Bertz CT molecular complexity index is 888. The Morgan fingerprint density at radius 1 is 1.20 bits per heavy atom. The normalized spacial score (nSPS) is 10.8. The van der Waals surface area contributed by atoms with E-state index in [1.54, 1.807) is 12.4 Å². The topological polar surface area (TPSA) is 43.6 Å². The summed E-state index contributed by atoms with van der Waals surface area (Å²) in [5.41, 5.74) is 2.20. The zero-order valence-electron chi connectivity index (χ0n) is 13.9. The van der Waals surface area contributed by atoms with Gasteiger partial charge in [0.15, 0.2) is 5.82 Å². The second-order valence-corrected chi connectivity index (χ2v) is 5.90. The molecule has 0 unspecified atom stereocenters. The number of hydrogen-bond acceptors (Lipinski definition) is 3. The van der Waals surface area contributed by atoms with E-state index in [0.29, 0.717) is 24.8 Å². The molecule has 0 aliphatic heterocycles. The zero-order valence-corrected chi connectivity index (χ0v) is 13.9. The van der Waals surface area contributed by atoms with Crippen LogP contribution in [0, 0.1) is 11.6 Å². The fourth-order valence-electron chi connectivity index (χ4n) is 2.64. The van der Waals surface area contributed by atoms with E-state index < -0.39 is 11.6 Å². The van der Waals surface area contributed by atoms with E-state index in [4.69, 9.17) is 0 Å². The van der Waals surface area contributed by atoms with Crippen molar-refractivity contribution >= 4 is 0 Å². The van der Waals surface area contributed by atoms with Gasteiger partial charge in [-0.3, -0.25) is 4.98 Å². The molecule has 2 aromatic heterocycles. The summed E-state index contributed by atoms with van der Waals surface area (Å²) in [7, 11) is 1.90. The second-order valence-electron chi connectivity index (χ2n) is 5.90. The van der Waals surface area contributed by atoms with Crippen LogP contribution in [0.1, 0.15) is 17.8 Å². The number of allylic oxidation sites excluding steroid dienone is 1. The lowest BCUT2D eigenvalue weighted by Crippen LogP contribution is -2.02. The maximum Gasteiger partial charge on any atom is 0.165 e. The van der Waals surface area contributed by atoms with Gasteiger partial charge in [-0.1, -0.05) is 18.2 Å². The molecule has 0 spiro atoms. The smallest absolute Gasteiger partial charge is 0.165 e. The third kappa shape index (κ3) is 3.96. The van der Waals surface area contributed by atoms with E-state index in [1.807, 2.05) is 23.7 Å². The van der Waals surface area contributed by atoms with E-state index >= 15 is 0 Å². The molecule has 0 saturated carbocycles. The first-order valence-corrected chi connectivity index (χ1v) is 7.94. The van der Waals surface area contributed by atoms with Crippen LogP contribution in [-0.2, 0) is 19.9 Å². The van der Waals surface area contributed by atoms with Gasteiger partial charge < -0.3 is 4.57 Å². The summed E-state index contributed by atoms with van der Waals surface area (Å²) in [5, 5.41) is 8.43. The van der Waals surface area contributed by atoms with Crippen LogP contribution in [0.3, 0.4) is 0 Å². The fourth-order valence-corrected chi connectivity index (χ4v) is 2.64. The largest absolute Gasteiger partial charge is 0.314 e. The molecule has 0 fully saturated rings. The monoisotopic (exact) mass is 340 g/mol. The van der Waals surface area contributed by atoms with Crippen LogP contribution in [0.5, 0.6) is 0 Å². The molecule has 0 aliphatic carbocycles. The third-order valence-corrected chi connectivity index (χ3v) is 4.04.